The molecule has 1 fully saturated rings. The maximum atomic E-state index is 9.35. The molecule has 3 aliphatic rings. The first-order valence-electron chi connectivity index (χ1n) is 8.03. The Bertz CT molecular complexity index is 532. The Labute approximate surface area is 127 Å². The molecule has 1 aromatic heterocycles. The van der Waals surface area contributed by atoms with Crippen LogP contribution in [0.3, 0.4) is 0 Å². The third-order valence-electron chi connectivity index (χ3n) is 5.71. The van der Waals surface area contributed by atoms with E-state index in [4.69, 9.17) is 0 Å². The third kappa shape index (κ3) is 2.67. The minimum absolute atomic E-state index is 0.202. The summed E-state index contributed by atoms with van der Waals surface area (Å²) in [6.07, 6.45) is 6.79. The lowest BCUT2D eigenvalue weighted by Crippen LogP contribution is -2.50. The van der Waals surface area contributed by atoms with Crippen LogP contribution in [-0.2, 0) is 6.54 Å². The van der Waals surface area contributed by atoms with Crippen molar-refractivity contribution in [3.05, 3.63) is 29.4 Å². The van der Waals surface area contributed by atoms with Crippen LogP contribution in [0.15, 0.2) is 18.0 Å². The molecule has 2 atom stereocenters. The van der Waals surface area contributed by atoms with Gasteiger partial charge in [0.15, 0.2) is 0 Å². The standard InChI is InChI=1S/C17H27N3O/c1-12-16(19-11-18-12)10-20(6-7-21)9-13-4-5-14-8-15(13)17(14,2)3/h4,11,14-15,21H,5-10H2,1-3H3,(H,18,19)/t14-,15-/m0/s1. The van der Waals surface area contributed by atoms with E-state index in [0.29, 0.717) is 12.0 Å². The number of aryl methyl sites for hydroxylation is 1. The molecule has 0 saturated heterocycles. The number of H-pyrrole nitrogens is 1. The molecule has 2 N–H and O–H groups in total. The largest absolute Gasteiger partial charge is 0.395 e. The minimum Gasteiger partial charge on any atom is -0.395 e. The molecule has 0 aliphatic heterocycles. The van der Waals surface area contributed by atoms with E-state index in [9.17, 15) is 5.11 Å². The molecule has 21 heavy (non-hydrogen) atoms. The van der Waals surface area contributed by atoms with Gasteiger partial charge >= 0.3 is 0 Å². The maximum Gasteiger partial charge on any atom is 0.0925 e. The molecular formula is C17H27N3O. The van der Waals surface area contributed by atoms with E-state index in [2.05, 4.69) is 41.7 Å². The lowest BCUT2D eigenvalue weighted by Gasteiger charge is -2.57. The molecule has 0 aromatic carbocycles. The predicted octanol–water partition coefficient (Wildman–Crippen LogP) is 2.50. The average Bonchev–Trinajstić information content (AvgIpc) is 2.84. The van der Waals surface area contributed by atoms with Gasteiger partial charge in [-0.3, -0.25) is 4.90 Å². The molecule has 0 radical (unpaired) electrons. The molecule has 116 valence electrons. The fourth-order valence-corrected chi connectivity index (χ4v) is 4.03. The SMILES string of the molecule is Cc1[nH]cnc1CN(CCO)CC1=CC[C@H]2C[C@@H]1C2(C)C. The van der Waals surface area contributed by atoms with Gasteiger partial charge in [0, 0.05) is 25.3 Å². The van der Waals surface area contributed by atoms with Crippen molar-refractivity contribution in [2.45, 2.75) is 40.2 Å². The second kappa shape index (κ2) is 5.58. The Kier molecular flexibility index (Phi) is 3.93. The van der Waals surface area contributed by atoms with Crippen molar-refractivity contribution in [2.75, 3.05) is 19.7 Å². The topological polar surface area (TPSA) is 52.2 Å². The number of aliphatic hydroxyl groups excluding tert-OH is 1. The summed E-state index contributed by atoms with van der Waals surface area (Å²) in [5.74, 6) is 1.61. The monoisotopic (exact) mass is 289 g/mol. The number of aliphatic hydroxyl groups is 1. The number of rotatable bonds is 6. The first-order valence-corrected chi connectivity index (χ1v) is 8.03. The van der Waals surface area contributed by atoms with E-state index in [1.807, 2.05) is 0 Å². The van der Waals surface area contributed by atoms with Crippen LogP contribution in [0, 0.1) is 24.2 Å². The van der Waals surface area contributed by atoms with Crippen LogP contribution < -0.4 is 0 Å². The van der Waals surface area contributed by atoms with Gasteiger partial charge in [-0.25, -0.2) is 4.98 Å². The zero-order chi connectivity index (χ0) is 15.0. The summed E-state index contributed by atoms with van der Waals surface area (Å²) in [4.78, 5) is 9.85. The van der Waals surface area contributed by atoms with Gasteiger partial charge in [0.2, 0.25) is 0 Å². The summed E-state index contributed by atoms with van der Waals surface area (Å²) in [6, 6.07) is 0. The Morgan fingerprint density at radius 3 is 2.81 bits per heavy atom. The number of aromatic amines is 1. The number of hydrogen-bond acceptors (Lipinski definition) is 3. The van der Waals surface area contributed by atoms with Crippen LogP contribution in [0.25, 0.3) is 0 Å². The highest BCUT2D eigenvalue weighted by molar-refractivity contribution is 5.24. The van der Waals surface area contributed by atoms with Crippen molar-refractivity contribution in [2.24, 2.45) is 17.3 Å². The molecule has 0 amide bonds. The molecule has 3 aliphatic carbocycles. The van der Waals surface area contributed by atoms with E-state index in [-0.39, 0.29) is 6.61 Å². The lowest BCUT2D eigenvalue weighted by molar-refractivity contribution is -0.0113. The Morgan fingerprint density at radius 1 is 1.43 bits per heavy atom. The van der Waals surface area contributed by atoms with Crippen molar-refractivity contribution >= 4 is 0 Å². The van der Waals surface area contributed by atoms with Gasteiger partial charge in [-0.05, 0) is 37.0 Å². The van der Waals surface area contributed by atoms with Gasteiger partial charge in [0.25, 0.3) is 0 Å². The molecule has 0 unspecified atom stereocenters. The van der Waals surface area contributed by atoms with Crippen molar-refractivity contribution in [3.63, 3.8) is 0 Å². The van der Waals surface area contributed by atoms with Crippen LogP contribution >= 0.6 is 0 Å². The van der Waals surface area contributed by atoms with E-state index in [0.717, 1.165) is 36.3 Å². The number of aromatic nitrogens is 2. The Morgan fingerprint density at radius 2 is 2.24 bits per heavy atom. The lowest BCUT2D eigenvalue weighted by atomic mass is 9.49. The molecule has 0 spiro atoms. The second-order valence-corrected chi connectivity index (χ2v) is 7.23. The maximum absolute atomic E-state index is 9.35. The van der Waals surface area contributed by atoms with E-state index in [1.54, 1.807) is 11.9 Å². The summed E-state index contributed by atoms with van der Waals surface area (Å²) >= 11 is 0. The van der Waals surface area contributed by atoms with E-state index < -0.39 is 0 Å². The summed E-state index contributed by atoms with van der Waals surface area (Å²) in [5.41, 5.74) is 4.26. The van der Waals surface area contributed by atoms with Crippen molar-refractivity contribution in [1.29, 1.82) is 0 Å². The predicted molar refractivity (Wildman–Crippen MR) is 83.8 cm³/mol. The number of nitrogens with one attached hydrogen (secondary N) is 1. The van der Waals surface area contributed by atoms with Gasteiger partial charge in [0.05, 0.1) is 18.6 Å². The Hall–Kier alpha value is -1.13. The Balaban J connectivity index is 1.68. The fourth-order valence-electron chi connectivity index (χ4n) is 4.03. The van der Waals surface area contributed by atoms with Crippen LogP contribution in [0.4, 0.5) is 0 Å². The molecule has 1 saturated carbocycles. The van der Waals surface area contributed by atoms with Gasteiger partial charge in [-0.2, -0.15) is 0 Å². The first-order chi connectivity index (χ1) is 10.0. The summed E-state index contributed by atoms with van der Waals surface area (Å²) in [7, 11) is 0. The van der Waals surface area contributed by atoms with Gasteiger partial charge in [-0.1, -0.05) is 25.5 Å². The quantitative estimate of drug-likeness (QED) is 0.791. The molecule has 4 nitrogen and oxygen atoms in total. The molecule has 1 aromatic rings. The average molecular weight is 289 g/mol. The van der Waals surface area contributed by atoms with E-state index >= 15 is 0 Å². The minimum atomic E-state index is 0.202. The molecular weight excluding hydrogens is 262 g/mol. The molecule has 4 rings (SSSR count). The second-order valence-electron chi connectivity index (χ2n) is 7.23. The van der Waals surface area contributed by atoms with Gasteiger partial charge in [-0.15, -0.1) is 0 Å². The van der Waals surface area contributed by atoms with Crippen molar-refractivity contribution in [3.8, 4) is 0 Å². The smallest absolute Gasteiger partial charge is 0.0925 e. The highest BCUT2D eigenvalue weighted by Crippen LogP contribution is 2.59. The van der Waals surface area contributed by atoms with Crippen LogP contribution in [0.2, 0.25) is 0 Å². The fraction of sp³-hybridized carbons (Fsp3) is 0.706. The summed E-state index contributed by atoms with van der Waals surface area (Å²) in [5, 5.41) is 9.35. The zero-order valence-corrected chi connectivity index (χ0v) is 13.4. The highest BCUT2D eigenvalue weighted by Gasteiger charge is 2.51. The third-order valence-corrected chi connectivity index (χ3v) is 5.71. The van der Waals surface area contributed by atoms with Crippen LogP contribution in [-0.4, -0.2) is 39.7 Å². The highest BCUT2D eigenvalue weighted by atomic mass is 16.3. The van der Waals surface area contributed by atoms with Crippen LogP contribution in [0.5, 0.6) is 0 Å². The van der Waals surface area contributed by atoms with Gasteiger partial charge in [0.1, 0.15) is 0 Å². The number of nitrogens with zero attached hydrogens (tertiary/aromatic N) is 2. The molecule has 4 heteroatoms. The van der Waals surface area contributed by atoms with Gasteiger partial charge < -0.3 is 10.1 Å². The number of allylic oxidation sites excluding steroid dienone is 1. The van der Waals surface area contributed by atoms with Crippen molar-refractivity contribution in [1.82, 2.24) is 14.9 Å². The summed E-state index contributed by atoms with van der Waals surface area (Å²) in [6.45, 7) is 9.56. The zero-order valence-electron chi connectivity index (χ0n) is 13.4. The van der Waals surface area contributed by atoms with Crippen molar-refractivity contribution < 1.29 is 5.11 Å². The first kappa shape index (κ1) is 14.8. The van der Waals surface area contributed by atoms with Crippen LogP contribution in [0.1, 0.15) is 38.1 Å². The molecule has 2 bridgehead atoms. The number of hydrogen-bond donors (Lipinski definition) is 2. The number of fused-ring (bicyclic) bond motifs is 1. The normalized spacial score (nSPS) is 26.6. The number of imidazole rings is 1. The molecule has 1 heterocycles. The van der Waals surface area contributed by atoms with E-state index in [1.165, 1.54) is 12.8 Å². The summed E-state index contributed by atoms with van der Waals surface area (Å²) < 4.78 is 0.